The summed E-state index contributed by atoms with van der Waals surface area (Å²) >= 11 is 0. The molecule has 2 unspecified atom stereocenters. The van der Waals surface area contributed by atoms with Gasteiger partial charge in [0.05, 0.1) is 6.10 Å². The van der Waals surface area contributed by atoms with Gasteiger partial charge in [0.1, 0.15) is 0 Å². The minimum Gasteiger partial charge on any atom is -0.376 e. The summed E-state index contributed by atoms with van der Waals surface area (Å²) in [5, 5.41) is 3.15. The van der Waals surface area contributed by atoms with Crippen LogP contribution in [0.15, 0.2) is 4.99 Å². The zero-order chi connectivity index (χ0) is 12.1. The molecule has 2 atom stereocenters. The fraction of sp³-hybridized carbons (Fsp3) is 0.917. The van der Waals surface area contributed by atoms with Gasteiger partial charge in [-0.3, -0.25) is 4.99 Å². The number of nitrogens with zero attached hydrogens (tertiary/aromatic N) is 2. The number of nitrogens with two attached hydrogens (primary N) is 1. The minimum atomic E-state index is 0.321. The minimum absolute atomic E-state index is 0.321. The second-order valence-corrected chi connectivity index (χ2v) is 5.16. The van der Waals surface area contributed by atoms with Gasteiger partial charge in [-0.05, 0) is 38.8 Å². The summed E-state index contributed by atoms with van der Waals surface area (Å²) in [7, 11) is 2.16. The molecular formula is C12H24N4O. The van der Waals surface area contributed by atoms with Gasteiger partial charge in [-0.15, -0.1) is 0 Å². The van der Waals surface area contributed by atoms with Gasteiger partial charge >= 0.3 is 0 Å². The van der Waals surface area contributed by atoms with Crippen LogP contribution in [0.5, 0.6) is 0 Å². The summed E-state index contributed by atoms with van der Waals surface area (Å²) in [6.45, 7) is 4.85. The molecule has 0 aliphatic carbocycles. The van der Waals surface area contributed by atoms with Crippen LogP contribution in [0.1, 0.15) is 19.3 Å². The van der Waals surface area contributed by atoms with Crippen LogP contribution in [0.3, 0.4) is 0 Å². The summed E-state index contributed by atoms with van der Waals surface area (Å²) in [4.78, 5) is 6.75. The largest absolute Gasteiger partial charge is 0.376 e. The third-order valence-corrected chi connectivity index (χ3v) is 3.54. The highest BCUT2D eigenvalue weighted by Gasteiger charge is 2.19. The third-order valence-electron chi connectivity index (χ3n) is 3.54. The van der Waals surface area contributed by atoms with E-state index >= 15 is 0 Å². The lowest BCUT2D eigenvalue weighted by Gasteiger charge is -2.12. The van der Waals surface area contributed by atoms with Crippen molar-refractivity contribution in [1.82, 2.24) is 10.2 Å². The highest BCUT2D eigenvalue weighted by atomic mass is 16.5. The first-order chi connectivity index (χ1) is 8.24. The molecule has 17 heavy (non-hydrogen) atoms. The van der Waals surface area contributed by atoms with Crippen LogP contribution in [0.25, 0.3) is 0 Å². The quantitative estimate of drug-likeness (QED) is 0.537. The Morgan fingerprint density at radius 3 is 3.06 bits per heavy atom. The SMILES string of the molecule is CN1CCC(CN=C(N)NCC2CCCO2)C1. The second kappa shape index (κ2) is 6.21. The number of rotatable bonds is 4. The van der Waals surface area contributed by atoms with Crippen molar-refractivity contribution in [3.63, 3.8) is 0 Å². The molecule has 0 aromatic rings. The molecule has 2 saturated heterocycles. The highest BCUT2D eigenvalue weighted by molar-refractivity contribution is 5.77. The molecule has 3 N–H and O–H groups in total. The van der Waals surface area contributed by atoms with Crippen molar-refractivity contribution < 1.29 is 4.74 Å². The molecule has 0 aromatic carbocycles. The van der Waals surface area contributed by atoms with Crippen molar-refractivity contribution in [1.29, 1.82) is 0 Å². The topological polar surface area (TPSA) is 62.9 Å². The maximum Gasteiger partial charge on any atom is 0.188 e. The summed E-state index contributed by atoms with van der Waals surface area (Å²) in [6, 6.07) is 0. The van der Waals surface area contributed by atoms with E-state index in [2.05, 4.69) is 22.3 Å². The van der Waals surface area contributed by atoms with Crippen LogP contribution in [0, 0.1) is 5.92 Å². The maximum absolute atomic E-state index is 5.83. The number of ether oxygens (including phenoxy) is 1. The zero-order valence-corrected chi connectivity index (χ0v) is 10.7. The summed E-state index contributed by atoms with van der Waals surface area (Å²) in [5.74, 6) is 1.23. The van der Waals surface area contributed by atoms with E-state index in [0.717, 1.165) is 39.1 Å². The molecule has 2 rings (SSSR count). The lowest BCUT2D eigenvalue weighted by molar-refractivity contribution is 0.114. The molecule has 2 aliphatic rings. The first kappa shape index (κ1) is 12.6. The Morgan fingerprint density at radius 1 is 1.53 bits per heavy atom. The van der Waals surface area contributed by atoms with Gasteiger partial charge in [0.15, 0.2) is 5.96 Å². The molecular weight excluding hydrogens is 216 g/mol. The molecule has 5 nitrogen and oxygen atoms in total. The molecule has 0 radical (unpaired) electrons. The smallest absolute Gasteiger partial charge is 0.188 e. The molecule has 2 heterocycles. The predicted molar refractivity (Wildman–Crippen MR) is 69.1 cm³/mol. The van der Waals surface area contributed by atoms with Gasteiger partial charge in [0.25, 0.3) is 0 Å². The van der Waals surface area contributed by atoms with Gasteiger partial charge in [-0.2, -0.15) is 0 Å². The van der Waals surface area contributed by atoms with E-state index < -0.39 is 0 Å². The van der Waals surface area contributed by atoms with E-state index in [1.807, 2.05) is 0 Å². The lowest BCUT2D eigenvalue weighted by atomic mass is 10.1. The fourth-order valence-corrected chi connectivity index (χ4v) is 2.48. The van der Waals surface area contributed by atoms with E-state index in [0.29, 0.717) is 18.0 Å². The fourth-order valence-electron chi connectivity index (χ4n) is 2.48. The second-order valence-electron chi connectivity index (χ2n) is 5.16. The zero-order valence-electron chi connectivity index (χ0n) is 10.7. The van der Waals surface area contributed by atoms with Crippen molar-refractivity contribution in [2.75, 3.05) is 39.8 Å². The van der Waals surface area contributed by atoms with E-state index in [1.54, 1.807) is 0 Å². The molecule has 0 saturated carbocycles. The number of nitrogens with one attached hydrogen (secondary N) is 1. The van der Waals surface area contributed by atoms with Crippen LogP contribution in [-0.4, -0.2) is 56.8 Å². The Hall–Kier alpha value is -0.810. The Balaban J connectivity index is 1.62. The molecule has 2 fully saturated rings. The van der Waals surface area contributed by atoms with Crippen molar-refractivity contribution in [3.05, 3.63) is 0 Å². The number of likely N-dealkylation sites (tertiary alicyclic amines) is 1. The molecule has 5 heteroatoms. The normalized spacial score (nSPS) is 31.0. The van der Waals surface area contributed by atoms with E-state index in [1.165, 1.54) is 13.0 Å². The Labute approximate surface area is 103 Å². The van der Waals surface area contributed by atoms with Gasteiger partial charge in [-0.1, -0.05) is 0 Å². The predicted octanol–water partition coefficient (Wildman–Crippen LogP) is 0.0214. The average molecular weight is 240 g/mol. The highest BCUT2D eigenvalue weighted by Crippen LogP contribution is 2.14. The molecule has 2 aliphatic heterocycles. The maximum atomic E-state index is 5.83. The first-order valence-corrected chi connectivity index (χ1v) is 6.58. The van der Waals surface area contributed by atoms with Crippen LogP contribution < -0.4 is 11.1 Å². The summed E-state index contributed by atoms with van der Waals surface area (Å²) in [5.41, 5.74) is 5.83. The standard InChI is InChI=1S/C12H24N4O/c1-16-5-4-10(9-16)7-14-12(13)15-8-11-3-2-6-17-11/h10-11H,2-9H2,1H3,(H3,13,14,15). The Bertz CT molecular complexity index is 263. The number of aliphatic imine (C=N–C) groups is 1. The Morgan fingerprint density at radius 2 is 2.41 bits per heavy atom. The molecule has 0 amide bonds. The number of guanidine groups is 1. The van der Waals surface area contributed by atoms with Crippen molar-refractivity contribution in [2.45, 2.75) is 25.4 Å². The van der Waals surface area contributed by atoms with E-state index in [9.17, 15) is 0 Å². The van der Waals surface area contributed by atoms with Gasteiger partial charge in [0.2, 0.25) is 0 Å². The summed E-state index contributed by atoms with van der Waals surface area (Å²) < 4.78 is 5.52. The monoisotopic (exact) mass is 240 g/mol. The molecule has 0 aromatic heterocycles. The number of hydrogen-bond donors (Lipinski definition) is 2. The van der Waals surface area contributed by atoms with E-state index in [4.69, 9.17) is 10.5 Å². The average Bonchev–Trinajstić information content (AvgIpc) is 2.95. The van der Waals surface area contributed by atoms with Gasteiger partial charge < -0.3 is 20.7 Å². The molecule has 98 valence electrons. The lowest BCUT2D eigenvalue weighted by Crippen LogP contribution is -2.37. The van der Waals surface area contributed by atoms with Crippen LogP contribution in [0.4, 0.5) is 0 Å². The van der Waals surface area contributed by atoms with Crippen LogP contribution in [0.2, 0.25) is 0 Å². The molecule has 0 bridgehead atoms. The summed E-state index contributed by atoms with van der Waals surface area (Å²) in [6.07, 6.45) is 3.85. The van der Waals surface area contributed by atoms with Crippen LogP contribution in [-0.2, 0) is 4.74 Å². The molecule has 0 spiro atoms. The van der Waals surface area contributed by atoms with Crippen molar-refractivity contribution in [2.24, 2.45) is 16.6 Å². The number of hydrogen-bond acceptors (Lipinski definition) is 3. The van der Waals surface area contributed by atoms with Crippen LogP contribution >= 0.6 is 0 Å². The Kier molecular flexibility index (Phi) is 4.62. The third kappa shape index (κ3) is 4.16. The van der Waals surface area contributed by atoms with Gasteiger partial charge in [0, 0.05) is 26.2 Å². The van der Waals surface area contributed by atoms with Crippen molar-refractivity contribution >= 4 is 5.96 Å². The van der Waals surface area contributed by atoms with E-state index in [-0.39, 0.29) is 0 Å². The first-order valence-electron chi connectivity index (χ1n) is 6.58. The van der Waals surface area contributed by atoms with Gasteiger partial charge in [-0.25, -0.2) is 0 Å². The van der Waals surface area contributed by atoms with Crippen molar-refractivity contribution in [3.8, 4) is 0 Å².